The second-order valence-electron chi connectivity index (χ2n) is 9.35. The van der Waals surface area contributed by atoms with E-state index < -0.39 is 0 Å². The van der Waals surface area contributed by atoms with Gasteiger partial charge in [-0.15, -0.1) is 0 Å². The number of rotatable bonds is 6. The van der Waals surface area contributed by atoms with Crippen LogP contribution in [-0.2, 0) is 6.67 Å². The lowest BCUT2D eigenvalue weighted by atomic mass is 9.71. The maximum atomic E-state index is 4.84. The second kappa shape index (κ2) is 18.7. The van der Waals surface area contributed by atoms with Gasteiger partial charge < -0.3 is 4.57 Å². The fraction of sp³-hybridized carbons (Fsp3) is 0.606. The molecule has 1 saturated carbocycles. The zero-order valence-electron chi connectivity index (χ0n) is 25.3. The molecule has 206 valence electrons. The van der Waals surface area contributed by atoms with E-state index in [2.05, 4.69) is 79.8 Å². The molecule has 0 saturated heterocycles. The third-order valence-corrected chi connectivity index (χ3v) is 6.63. The highest BCUT2D eigenvalue weighted by Crippen LogP contribution is 2.47. The van der Waals surface area contributed by atoms with E-state index in [1.54, 1.807) is 0 Å². The van der Waals surface area contributed by atoms with Gasteiger partial charge in [0.15, 0.2) is 5.82 Å². The number of benzene rings is 1. The van der Waals surface area contributed by atoms with Gasteiger partial charge in [0.1, 0.15) is 6.67 Å². The number of aromatic nitrogens is 3. The molecule has 4 nitrogen and oxygen atoms in total. The number of fused-ring (bicyclic) bond motifs is 2. The van der Waals surface area contributed by atoms with E-state index in [9.17, 15) is 0 Å². The van der Waals surface area contributed by atoms with Crippen LogP contribution < -0.4 is 0 Å². The van der Waals surface area contributed by atoms with Gasteiger partial charge in [0, 0.05) is 29.1 Å². The smallest absolute Gasteiger partial charge is 0.155 e. The van der Waals surface area contributed by atoms with E-state index in [1.807, 2.05) is 34.6 Å². The van der Waals surface area contributed by atoms with Gasteiger partial charge in [-0.05, 0) is 31.9 Å². The van der Waals surface area contributed by atoms with Crippen molar-refractivity contribution >= 4 is 16.6 Å². The minimum atomic E-state index is 0.566. The average molecular weight is 507 g/mol. The molecule has 0 N–H and O–H groups in total. The van der Waals surface area contributed by atoms with Crippen molar-refractivity contribution in [3.8, 4) is 0 Å². The lowest BCUT2D eigenvalue weighted by molar-refractivity contribution is 0.340. The average Bonchev–Trinajstić information content (AvgIpc) is 3.51. The van der Waals surface area contributed by atoms with Crippen molar-refractivity contribution in [2.45, 2.75) is 132 Å². The zero-order valence-corrected chi connectivity index (χ0v) is 25.3. The van der Waals surface area contributed by atoms with Crippen LogP contribution in [0.1, 0.15) is 143 Å². The molecule has 5 rings (SSSR count). The van der Waals surface area contributed by atoms with E-state index in [0.717, 1.165) is 36.6 Å². The second-order valence-corrected chi connectivity index (χ2v) is 9.35. The molecule has 1 aliphatic heterocycles. The van der Waals surface area contributed by atoms with Gasteiger partial charge in [-0.25, -0.2) is 4.98 Å². The molecule has 0 bridgehead atoms. The zero-order chi connectivity index (χ0) is 27.6. The lowest BCUT2D eigenvalue weighted by Crippen LogP contribution is -2.21. The molecular formula is C33H54N4. The number of nitrogens with zero attached hydrogens (tertiary/aromatic N) is 4. The Bertz CT molecular complexity index is 1020. The Hall–Kier alpha value is -2.49. The third kappa shape index (κ3) is 9.72. The van der Waals surface area contributed by atoms with E-state index in [0.29, 0.717) is 11.8 Å². The molecule has 1 fully saturated rings. The maximum absolute atomic E-state index is 4.84. The molecule has 0 unspecified atom stereocenters. The fourth-order valence-electron chi connectivity index (χ4n) is 4.19. The summed E-state index contributed by atoms with van der Waals surface area (Å²) in [5, 5.41) is 1.22. The van der Waals surface area contributed by atoms with Crippen molar-refractivity contribution in [2.75, 3.05) is 0 Å². The first-order valence-corrected chi connectivity index (χ1v) is 15.0. The molecule has 37 heavy (non-hydrogen) atoms. The molecule has 1 aromatic carbocycles. The standard InChI is InChI=1S/C19H18N4.C6H14.C4H10.2C2H6/c1-12-19-22-18(10-23(19)11-20-12)15-8-14(9-15)17-7-6-13-4-2-3-5-16(13)21-17;1-3-5-6-4-2;1-3-4-2;2*1-2/h2-7,10,14-15H,8-9,11H2,1H3;3-6H2,1-2H3;3-4H2,1-2H3;2*1-2H3. The molecule has 0 radical (unpaired) electrons. The largest absolute Gasteiger partial charge is 0.310 e. The van der Waals surface area contributed by atoms with Gasteiger partial charge in [-0.2, -0.15) is 0 Å². The van der Waals surface area contributed by atoms with E-state index in [-0.39, 0.29) is 0 Å². The summed E-state index contributed by atoms with van der Waals surface area (Å²) in [7, 11) is 0. The van der Waals surface area contributed by atoms with Crippen LogP contribution in [0, 0.1) is 0 Å². The van der Waals surface area contributed by atoms with Gasteiger partial charge >= 0.3 is 0 Å². The van der Waals surface area contributed by atoms with E-state index >= 15 is 0 Å². The summed E-state index contributed by atoms with van der Waals surface area (Å²) >= 11 is 0. The molecule has 1 aliphatic carbocycles. The maximum Gasteiger partial charge on any atom is 0.155 e. The van der Waals surface area contributed by atoms with Crippen LogP contribution >= 0.6 is 0 Å². The Labute approximate surface area is 228 Å². The lowest BCUT2D eigenvalue weighted by Gasteiger charge is -2.34. The van der Waals surface area contributed by atoms with Crippen LogP contribution in [0.2, 0.25) is 0 Å². The van der Waals surface area contributed by atoms with Crippen molar-refractivity contribution in [1.29, 1.82) is 0 Å². The number of hydrogen-bond donors (Lipinski definition) is 0. The number of unbranched alkanes of at least 4 members (excludes halogenated alkanes) is 4. The van der Waals surface area contributed by atoms with Gasteiger partial charge in [0.2, 0.25) is 0 Å². The minimum absolute atomic E-state index is 0.566. The topological polar surface area (TPSA) is 43.1 Å². The molecule has 3 heterocycles. The Kier molecular flexibility index (Phi) is 16.5. The van der Waals surface area contributed by atoms with Gasteiger partial charge in [-0.1, -0.05) is 118 Å². The molecule has 0 spiro atoms. The first-order chi connectivity index (χ1) is 18.1. The summed E-state index contributed by atoms with van der Waals surface area (Å²) in [6, 6.07) is 12.7. The van der Waals surface area contributed by atoms with Crippen LogP contribution in [0.3, 0.4) is 0 Å². The SMILES string of the molecule is CC.CC.CC1=NCn2cc(C3CC(c4ccc5ccccc5n4)C3)nc21.CCCC.CCCCCC. The van der Waals surface area contributed by atoms with Crippen molar-refractivity contribution < 1.29 is 0 Å². The quantitative estimate of drug-likeness (QED) is 0.312. The van der Waals surface area contributed by atoms with Crippen LogP contribution in [0.4, 0.5) is 0 Å². The highest BCUT2D eigenvalue weighted by Gasteiger charge is 2.34. The Morgan fingerprint density at radius 1 is 0.730 bits per heavy atom. The Morgan fingerprint density at radius 2 is 1.32 bits per heavy atom. The molecule has 0 atom stereocenters. The van der Waals surface area contributed by atoms with Crippen molar-refractivity contribution in [3.05, 3.63) is 59.8 Å². The van der Waals surface area contributed by atoms with Crippen molar-refractivity contribution in [2.24, 2.45) is 4.99 Å². The number of imidazole rings is 1. The summed E-state index contributed by atoms with van der Waals surface area (Å²) < 4.78 is 2.16. The first kappa shape index (κ1) is 32.5. The molecule has 2 aliphatic rings. The number of pyridine rings is 1. The first-order valence-electron chi connectivity index (χ1n) is 15.0. The number of para-hydroxylation sites is 1. The van der Waals surface area contributed by atoms with Gasteiger partial charge in [0.05, 0.1) is 16.9 Å². The molecule has 3 aromatic rings. The Balaban J connectivity index is 0.000000414. The summed E-state index contributed by atoms with van der Waals surface area (Å²) in [6.45, 7) is 19.6. The summed E-state index contributed by atoms with van der Waals surface area (Å²) in [5.41, 5.74) is 4.61. The van der Waals surface area contributed by atoms with Crippen molar-refractivity contribution in [3.63, 3.8) is 0 Å². The van der Waals surface area contributed by atoms with Gasteiger partial charge in [0.25, 0.3) is 0 Å². The molecular weight excluding hydrogens is 452 g/mol. The molecule has 4 heteroatoms. The molecule has 0 amide bonds. The fourth-order valence-corrected chi connectivity index (χ4v) is 4.19. The van der Waals surface area contributed by atoms with Crippen LogP contribution in [-0.4, -0.2) is 20.2 Å². The Morgan fingerprint density at radius 3 is 1.89 bits per heavy atom. The number of aliphatic imine (C=N–C) groups is 1. The van der Waals surface area contributed by atoms with Crippen molar-refractivity contribution in [1.82, 2.24) is 14.5 Å². The predicted octanol–water partition coefficient (Wildman–Crippen LogP) is 10.3. The minimum Gasteiger partial charge on any atom is -0.310 e. The normalized spacial score (nSPS) is 16.7. The van der Waals surface area contributed by atoms with Crippen LogP contribution in [0.25, 0.3) is 10.9 Å². The highest BCUT2D eigenvalue weighted by molar-refractivity contribution is 5.96. The highest BCUT2D eigenvalue weighted by atomic mass is 15.2. The monoisotopic (exact) mass is 506 g/mol. The van der Waals surface area contributed by atoms with Crippen LogP contribution in [0.5, 0.6) is 0 Å². The number of hydrogen-bond acceptors (Lipinski definition) is 3. The van der Waals surface area contributed by atoms with Gasteiger partial charge in [-0.3, -0.25) is 9.98 Å². The molecule has 2 aromatic heterocycles. The summed E-state index contributed by atoms with van der Waals surface area (Å²) in [4.78, 5) is 14.0. The third-order valence-electron chi connectivity index (χ3n) is 6.63. The van der Waals surface area contributed by atoms with Crippen LogP contribution in [0.15, 0.2) is 47.6 Å². The van der Waals surface area contributed by atoms with E-state index in [1.165, 1.54) is 55.3 Å². The summed E-state index contributed by atoms with van der Waals surface area (Å²) in [6.07, 6.45) is 12.7. The van der Waals surface area contributed by atoms with E-state index in [4.69, 9.17) is 9.97 Å². The predicted molar refractivity (Wildman–Crippen MR) is 164 cm³/mol. The summed E-state index contributed by atoms with van der Waals surface area (Å²) in [5.74, 6) is 2.18.